The molecule has 2 unspecified atom stereocenters. The third kappa shape index (κ3) is 3.22. The lowest BCUT2D eigenvalue weighted by Gasteiger charge is -2.37. The van der Waals surface area contributed by atoms with Gasteiger partial charge in [0.05, 0.1) is 22.7 Å². The summed E-state index contributed by atoms with van der Waals surface area (Å²) >= 11 is 11.9. The second kappa shape index (κ2) is 6.12. The van der Waals surface area contributed by atoms with Crippen LogP contribution in [0.25, 0.3) is 0 Å². The second-order valence-corrected chi connectivity index (χ2v) is 5.77. The number of nitrogens with zero attached hydrogens (tertiary/aromatic N) is 1. The molecule has 19 heavy (non-hydrogen) atoms. The Kier molecular flexibility index (Phi) is 4.71. The molecule has 1 aliphatic rings. The van der Waals surface area contributed by atoms with Crippen molar-refractivity contribution in [1.29, 1.82) is 0 Å². The van der Waals surface area contributed by atoms with Crippen LogP contribution in [0.3, 0.4) is 0 Å². The molecule has 3 nitrogen and oxygen atoms in total. The van der Waals surface area contributed by atoms with Gasteiger partial charge in [0.1, 0.15) is 0 Å². The van der Waals surface area contributed by atoms with Gasteiger partial charge in [-0.15, -0.1) is 0 Å². The lowest BCUT2D eigenvalue weighted by Crippen LogP contribution is -2.49. The Morgan fingerprint density at radius 2 is 2.16 bits per heavy atom. The first-order valence-electron chi connectivity index (χ1n) is 6.45. The quantitative estimate of drug-likeness (QED) is 0.910. The molecule has 0 aromatic heterocycles. The van der Waals surface area contributed by atoms with Crippen LogP contribution in [-0.4, -0.2) is 34.6 Å². The van der Waals surface area contributed by atoms with Crippen LogP contribution in [0.2, 0.25) is 10.0 Å². The summed E-state index contributed by atoms with van der Waals surface area (Å²) in [5.74, 6) is -0.132. The van der Waals surface area contributed by atoms with Crippen LogP contribution in [0.5, 0.6) is 0 Å². The molecule has 1 aromatic rings. The minimum atomic E-state index is -0.532. The molecule has 1 N–H and O–H groups in total. The van der Waals surface area contributed by atoms with E-state index in [2.05, 4.69) is 0 Å². The van der Waals surface area contributed by atoms with Crippen molar-refractivity contribution >= 4 is 29.1 Å². The van der Waals surface area contributed by atoms with E-state index in [1.807, 2.05) is 0 Å². The van der Waals surface area contributed by atoms with Crippen molar-refractivity contribution in [2.45, 2.75) is 38.3 Å². The number of halogens is 2. The first-order chi connectivity index (χ1) is 9.00. The Balaban J connectivity index is 2.26. The average molecular weight is 302 g/mol. The van der Waals surface area contributed by atoms with E-state index >= 15 is 0 Å². The van der Waals surface area contributed by atoms with Gasteiger partial charge in [-0.25, -0.2) is 0 Å². The summed E-state index contributed by atoms with van der Waals surface area (Å²) in [6.45, 7) is 2.38. The maximum Gasteiger partial charge on any atom is 0.255 e. The summed E-state index contributed by atoms with van der Waals surface area (Å²) in [4.78, 5) is 14.3. The average Bonchev–Trinajstić information content (AvgIpc) is 2.38. The van der Waals surface area contributed by atoms with E-state index < -0.39 is 6.10 Å². The van der Waals surface area contributed by atoms with Gasteiger partial charge in [-0.05, 0) is 44.4 Å². The topological polar surface area (TPSA) is 40.5 Å². The third-order valence-electron chi connectivity index (χ3n) is 3.53. The molecule has 1 amide bonds. The first kappa shape index (κ1) is 14.6. The fourth-order valence-electron chi connectivity index (χ4n) is 2.53. The summed E-state index contributed by atoms with van der Waals surface area (Å²) in [5, 5.41) is 10.7. The van der Waals surface area contributed by atoms with Crippen LogP contribution in [0.4, 0.5) is 0 Å². The highest BCUT2D eigenvalue weighted by atomic mass is 35.5. The van der Waals surface area contributed by atoms with Crippen molar-refractivity contribution in [2.24, 2.45) is 0 Å². The number of hydrogen-bond acceptors (Lipinski definition) is 2. The summed E-state index contributed by atoms with van der Waals surface area (Å²) < 4.78 is 0. The van der Waals surface area contributed by atoms with Gasteiger partial charge in [-0.3, -0.25) is 4.79 Å². The zero-order valence-corrected chi connectivity index (χ0v) is 12.3. The van der Waals surface area contributed by atoms with E-state index in [0.717, 1.165) is 19.3 Å². The van der Waals surface area contributed by atoms with E-state index in [1.165, 1.54) is 0 Å². The SMILES string of the molecule is CC(O)C1CCCCN1C(=O)c1ccc(Cl)cc1Cl. The van der Waals surface area contributed by atoms with Gasteiger partial charge >= 0.3 is 0 Å². The number of carbonyl (C=O) groups is 1. The number of benzene rings is 1. The lowest BCUT2D eigenvalue weighted by molar-refractivity contribution is 0.0281. The van der Waals surface area contributed by atoms with Gasteiger partial charge in [0.2, 0.25) is 0 Å². The predicted octanol–water partition coefficient (Wildman–Crippen LogP) is 3.37. The van der Waals surface area contributed by atoms with Crippen LogP contribution in [0, 0.1) is 0 Å². The van der Waals surface area contributed by atoms with E-state index in [0.29, 0.717) is 22.2 Å². The van der Waals surface area contributed by atoms with E-state index in [1.54, 1.807) is 30.0 Å². The zero-order chi connectivity index (χ0) is 14.0. The maximum atomic E-state index is 12.5. The fraction of sp³-hybridized carbons (Fsp3) is 0.500. The number of amides is 1. The lowest BCUT2D eigenvalue weighted by atomic mass is 9.97. The molecule has 0 saturated carbocycles. The number of rotatable bonds is 2. The zero-order valence-electron chi connectivity index (χ0n) is 10.8. The molecule has 5 heteroatoms. The Bertz CT molecular complexity index is 477. The van der Waals surface area contributed by atoms with Gasteiger partial charge in [0, 0.05) is 11.6 Å². The molecular formula is C14H17Cl2NO2. The predicted molar refractivity (Wildman–Crippen MR) is 76.8 cm³/mol. The van der Waals surface area contributed by atoms with Gasteiger partial charge in [0.15, 0.2) is 0 Å². The first-order valence-corrected chi connectivity index (χ1v) is 7.20. The van der Waals surface area contributed by atoms with E-state index in [9.17, 15) is 9.90 Å². The summed E-state index contributed by atoms with van der Waals surface area (Å²) in [6, 6.07) is 4.73. The summed E-state index contributed by atoms with van der Waals surface area (Å²) in [6.07, 6.45) is 2.29. The Hall–Kier alpha value is -0.770. The summed E-state index contributed by atoms with van der Waals surface area (Å²) in [5.41, 5.74) is 0.443. The standard InChI is InChI=1S/C14H17Cl2NO2/c1-9(18)13-4-2-3-7-17(13)14(19)11-6-5-10(15)8-12(11)16/h5-6,8-9,13,18H,2-4,7H2,1H3. The number of piperidine rings is 1. The van der Waals surface area contributed by atoms with Crippen LogP contribution in [-0.2, 0) is 0 Å². The molecule has 1 aromatic carbocycles. The van der Waals surface area contributed by atoms with Crippen LogP contribution in [0.15, 0.2) is 18.2 Å². The smallest absolute Gasteiger partial charge is 0.255 e. The number of carbonyl (C=O) groups excluding carboxylic acids is 1. The van der Waals surface area contributed by atoms with Crippen molar-refractivity contribution in [3.8, 4) is 0 Å². The Morgan fingerprint density at radius 1 is 1.42 bits per heavy atom. The van der Waals surface area contributed by atoms with Crippen molar-refractivity contribution in [2.75, 3.05) is 6.54 Å². The molecule has 0 radical (unpaired) electrons. The number of aliphatic hydroxyl groups excluding tert-OH is 1. The van der Waals surface area contributed by atoms with Gasteiger partial charge in [0.25, 0.3) is 5.91 Å². The molecule has 2 atom stereocenters. The van der Waals surface area contributed by atoms with Gasteiger partial charge in [-0.2, -0.15) is 0 Å². The molecule has 1 aliphatic heterocycles. The van der Waals surface area contributed by atoms with Crippen molar-refractivity contribution in [3.05, 3.63) is 33.8 Å². The normalized spacial score (nSPS) is 21.3. The monoisotopic (exact) mass is 301 g/mol. The van der Waals surface area contributed by atoms with Crippen LogP contribution >= 0.6 is 23.2 Å². The fourth-order valence-corrected chi connectivity index (χ4v) is 3.02. The minimum Gasteiger partial charge on any atom is -0.391 e. The van der Waals surface area contributed by atoms with E-state index in [4.69, 9.17) is 23.2 Å². The van der Waals surface area contributed by atoms with Crippen LogP contribution < -0.4 is 0 Å². The molecule has 1 saturated heterocycles. The van der Waals surface area contributed by atoms with Gasteiger partial charge in [-0.1, -0.05) is 23.2 Å². The summed E-state index contributed by atoms with van der Waals surface area (Å²) in [7, 11) is 0. The minimum absolute atomic E-state index is 0.131. The number of likely N-dealkylation sites (tertiary alicyclic amines) is 1. The molecular weight excluding hydrogens is 285 g/mol. The Labute approximate surface area is 123 Å². The van der Waals surface area contributed by atoms with Crippen molar-refractivity contribution in [3.63, 3.8) is 0 Å². The highest BCUT2D eigenvalue weighted by molar-refractivity contribution is 6.36. The van der Waals surface area contributed by atoms with Gasteiger partial charge < -0.3 is 10.0 Å². The largest absolute Gasteiger partial charge is 0.391 e. The molecule has 0 bridgehead atoms. The van der Waals surface area contributed by atoms with E-state index in [-0.39, 0.29) is 11.9 Å². The highest BCUT2D eigenvalue weighted by Crippen LogP contribution is 2.26. The molecule has 0 aliphatic carbocycles. The molecule has 2 rings (SSSR count). The number of aliphatic hydroxyl groups is 1. The van der Waals surface area contributed by atoms with Crippen LogP contribution in [0.1, 0.15) is 36.5 Å². The second-order valence-electron chi connectivity index (χ2n) is 4.93. The Morgan fingerprint density at radius 3 is 2.79 bits per heavy atom. The molecule has 1 heterocycles. The van der Waals surface area contributed by atoms with Crippen molar-refractivity contribution < 1.29 is 9.90 Å². The van der Waals surface area contributed by atoms with Crippen molar-refractivity contribution in [1.82, 2.24) is 4.90 Å². The third-order valence-corrected chi connectivity index (χ3v) is 4.08. The highest BCUT2D eigenvalue weighted by Gasteiger charge is 2.31. The number of hydrogen-bond donors (Lipinski definition) is 1. The maximum absolute atomic E-state index is 12.5. The molecule has 0 spiro atoms. The molecule has 1 fully saturated rings. The molecule has 104 valence electrons.